The smallest absolute Gasteiger partial charge is 0.243 e. The number of halogens is 1. The van der Waals surface area contributed by atoms with E-state index in [0.717, 1.165) is 31.6 Å². The molecule has 0 aliphatic carbocycles. The lowest BCUT2D eigenvalue weighted by Gasteiger charge is -2.24. The van der Waals surface area contributed by atoms with Crippen molar-refractivity contribution >= 4 is 27.3 Å². The van der Waals surface area contributed by atoms with E-state index in [1.54, 1.807) is 38.1 Å². The minimum Gasteiger partial charge on any atom is -0.370 e. The summed E-state index contributed by atoms with van der Waals surface area (Å²) in [5.74, 6) is -0.719. The molecule has 1 fully saturated rings. The summed E-state index contributed by atoms with van der Waals surface area (Å²) in [5, 5.41) is 2.86. The summed E-state index contributed by atoms with van der Waals surface area (Å²) < 4.78 is 40.7. The van der Waals surface area contributed by atoms with E-state index in [9.17, 15) is 17.6 Å². The third-order valence-electron chi connectivity index (χ3n) is 5.29. The number of anilines is 2. The molecule has 1 aliphatic heterocycles. The molecular formula is C22H28FN3O3S. The molecule has 8 heteroatoms. The molecule has 3 rings (SSSR count). The van der Waals surface area contributed by atoms with Crippen LogP contribution in [0.1, 0.15) is 32.3 Å². The van der Waals surface area contributed by atoms with Crippen LogP contribution in [-0.2, 0) is 21.2 Å². The molecule has 162 valence electrons. The molecule has 1 heterocycles. The normalized spacial score (nSPS) is 14.3. The number of amides is 1. The summed E-state index contributed by atoms with van der Waals surface area (Å²) >= 11 is 0. The average Bonchev–Trinajstić information content (AvgIpc) is 3.23. The Morgan fingerprint density at radius 1 is 1.10 bits per heavy atom. The number of carbonyl (C=O) groups excluding carboxylic acids is 1. The standard InChI is InChI=1S/C22H28FN3O3S/c1-3-26(4-2)30(28,29)19-10-11-21(25-12-5-6-13-25)20(16-19)24-22(27)15-17-8-7-9-18(23)14-17/h7-11,14,16H,3-6,12-13,15H2,1-2H3,(H,24,27). The molecule has 1 saturated heterocycles. The highest BCUT2D eigenvalue weighted by molar-refractivity contribution is 7.89. The van der Waals surface area contributed by atoms with Crippen molar-refractivity contribution in [1.29, 1.82) is 0 Å². The van der Waals surface area contributed by atoms with Crippen molar-refractivity contribution in [2.75, 3.05) is 36.4 Å². The predicted octanol–water partition coefficient (Wildman–Crippen LogP) is 3.64. The molecule has 1 amide bonds. The van der Waals surface area contributed by atoms with Gasteiger partial charge in [-0.3, -0.25) is 4.79 Å². The number of rotatable bonds is 8. The maximum absolute atomic E-state index is 13.4. The van der Waals surface area contributed by atoms with Gasteiger partial charge in [0.25, 0.3) is 0 Å². The molecule has 0 atom stereocenters. The lowest BCUT2D eigenvalue weighted by atomic mass is 10.1. The summed E-state index contributed by atoms with van der Waals surface area (Å²) in [6.45, 7) is 6.04. The third-order valence-corrected chi connectivity index (χ3v) is 7.33. The van der Waals surface area contributed by atoms with Crippen LogP contribution >= 0.6 is 0 Å². The van der Waals surface area contributed by atoms with Gasteiger partial charge in [-0.1, -0.05) is 26.0 Å². The molecule has 0 radical (unpaired) electrons. The van der Waals surface area contributed by atoms with Crippen LogP contribution < -0.4 is 10.2 Å². The number of carbonyl (C=O) groups is 1. The van der Waals surface area contributed by atoms with Gasteiger partial charge in [-0.2, -0.15) is 4.31 Å². The molecule has 0 saturated carbocycles. The van der Waals surface area contributed by atoms with Gasteiger partial charge in [0.05, 0.1) is 22.7 Å². The molecule has 0 bridgehead atoms. The molecule has 1 N–H and O–H groups in total. The zero-order valence-corrected chi connectivity index (χ0v) is 18.2. The van der Waals surface area contributed by atoms with Gasteiger partial charge in [-0.05, 0) is 48.7 Å². The van der Waals surface area contributed by atoms with Crippen molar-refractivity contribution in [3.63, 3.8) is 0 Å². The summed E-state index contributed by atoms with van der Waals surface area (Å²) in [4.78, 5) is 14.9. The fourth-order valence-electron chi connectivity index (χ4n) is 3.75. The Labute approximate surface area is 177 Å². The Morgan fingerprint density at radius 2 is 1.80 bits per heavy atom. The Kier molecular flexibility index (Phi) is 7.10. The van der Waals surface area contributed by atoms with Crippen LogP contribution in [0.2, 0.25) is 0 Å². The molecule has 0 spiro atoms. The van der Waals surface area contributed by atoms with E-state index in [0.29, 0.717) is 24.3 Å². The minimum atomic E-state index is -3.65. The average molecular weight is 434 g/mol. The third kappa shape index (κ3) is 4.99. The maximum Gasteiger partial charge on any atom is 0.243 e. The van der Waals surface area contributed by atoms with E-state index < -0.39 is 15.8 Å². The number of nitrogens with zero attached hydrogens (tertiary/aromatic N) is 2. The van der Waals surface area contributed by atoms with Crippen LogP contribution in [0.3, 0.4) is 0 Å². The van der Waals surface area contributed by atoms with Crippen molar-refractivity contribution in [3.8, 4) is 0 Å². The van der Waals surface area contributed by atoms with E-state index in [1.807, 2.05) is 0 Å². The first-order chi connectivity index (χ1) is 14.3. The van der Waals surface area contributed by atoms with Crippen molar-refractivity contribution in [2.24, 2.45) is 0 Å². The van der Waals surface area contributed by atoms with Gasteiger partial charge in [0.1, 0.15) is 5.82 Å². The Hall–Kier alpha value is -2.45. The van der Waals surface area contributed by atoms with E-state index in [1.165, 1.54) is 22.5 Å². The first-order valence-corrected chi connectivity index (χ1v) is 11.7. The van der Waals surface area contributed by atoms with Crippen LogP contribution in [0.4, 0.5) is 15.8 Å². The van der Waals surface area contributed by atoms with Crippen LogP contribution in [0, 0.1) is 5.82 Å². The second-order valence-corrected chi connectivity index (χ2v) is 9.26. The van der Waals surface area contributed by atoms with Crippen LogP contribution in [0.15, 0.2) is 47.4 Å². The highest BCUT2D eigenvalue weighted by atomic mass is 32.2. The van der Waals surface area contributed by atoms with E-state index in [2.05, 4.69) is 10.2 Å². The van der Waals surface area contributed by atoms with Gasteiger partial charge >= 0.3 is 0 Å². The summed E-state index contributed by atoms with van der Waals surface area (Å²) in [5.41, 5.74) is 1.83. The molecule has 1 aliphatic rings. The molecule has 2 aromatic rings. The fourth-order valence-corrected chi connectivity index (χ4v) is 5.23. The largest absolute Gasteiger partial charge is 0.370 e. The highest BCUT2D eigenvalue weighted by Crippen LogP contribution is 2.32. The van der Waals surface area contributed by atoms with Gasteiger partial charge in [0, 0.05) is 26.2 Å². The van der Waals surface area contributed by atoms with E-state index in [-0.39, 0.29) is 17.2 Å². The van der Waals surface area contributed by atoms with Gasteiger partial charge in [0.15, 0.2) is 0 Å². The lowest BCUT2D eigenvalue weighted by molar-refractivity contribution is -0.115. The second-order valence-electron chi connectivity index (χ2n) is 7.32. The zero-order chi connectivity index (χ0) is 21.7. The fraction of sp³-hybridized carbons (Fsp3) is 0.409. The number of hydrogen-bond donors (Lipinski definition) is 1. The van der Waals surface area contributed by atoms with Gasteiger partial charge in [-0.25, -0.2) is 12.8 Å². The lowest BCUT2D eigenvalue weighted by Crippen LogP contribution is -2.31. The molecule has 30 heavy (non-hydrogen) atoms. The zero-order valence-electron chi connectivity index (χ0n) is 17.4. The quantitative estimate of drug-likeness (QED) is 0.690. The van der Waals surface area contributed by atoms with Crippen molar-refractivity contribution < 1.29 is 17.6 Å². The molecule has 0 aromatic heterocycles. The van der Waals surface area contributed by atoms with Crippen LogP contribution in [0.5, 0.6) is 0 Å². The first kappa shape index (κ1) is 22.2. The topological polar surface area (TPSA) is 69.7 Å². The van der Waals surface area contributed by atoms with E-state index >= 15 is 0 Å². The van der Waals surface area contributed by atoms with Crippen molar-refractivity contribution in [1.82, 2.24) is 4.31 Å². The highest BCUT2D eigenvalue weighted by Gasteiger charge is 2.25. The molecule has 6 nitrogen and oxygen atoms in total. The SMILES string of the molecule is CCN(CC)S(=O)(=O)c1ccc(N2CCCC2)c(NC(=O)Cc2cccc(F)c2)c1. The van der Waals surface area contributed by atoms with E-state index in [4.69, 9.17) is 0 Å². The summed E-state index contributed by atoms with van der Waals surface area (Å²) in [7, 11) is -3.65. The van der Waals surface area contributed by atoms with Crippen LogP contribution in [-0.4, -0.2) is 44.8 Å². The van der Waals surface area contributed by atoms with Crippen LogP contribution in [0.25, 0.3) is 0 Å². The Morgan fingerprint density at radius 3 is 2.43 bits per heavy atom. The van der Waals surface area contributed by atoms with Crippen molar-refractivity contribution in [3.05, 3.63) is 53.8 Å². The van der Waals surface area contributed by atoms with Gasteiger partial charge in [-0.15, -0.1) is 0 Å². The Bertz CT molecular complexity index is 1000. The van der Waals surface area contributed by atoms with Gasteiger partial charge in [0.2, 0.25) is 15.9 Å². The second kappa shape index (κ2) is 9.57. The number of sulfonamides is 1. The molecular weight excluding hydrogens is 405 g/mol. The Balaban J connectivity index is 1.92. The molecule has 2 aromatic carbocycles. The first-order valence-electron chi connectivity index (χ1n) is 10.3. The minimum absolute atomic E-state index is 0.00419. The predicted molar refractivity (Wildman–Crippen MR) is 117 cm³/mol. The van der Waals surface area contributed by atoms with Gasteiger partial charge < -0.3 is 10.2 Å². The molecule has 0 unspecified atom stereocenters. The maximum atomic E-state index is 13.4. The summed E-state index contributed by atoms with van der Waals surface area (Å²) in [6, 6.07) is 10.8. The number of benzene rings is 2. The monoisotopic (exact) mass is 433 g/mol. The number of nitrogens with one attached hydrogen (secondary N) is 1. The number of hydrogen-bond acceptors (Lipinski definition) is 4. The summed E-state index contributed by atoms with van der Waals surface area (Å²) in [6.07, 6.45) is 2.11. The van der Waals surface area contributed by atoms with Crippen molar-refractivity contribution in [2.45, 2.75) is 38.0 Å².